The van der Waals surface area contributed by atoms with Gasteiger partial charge in [-0.1, -0.05) is 0 Å². The van der Waals surface area contributed by atoms with Crippen LogP contribution >= 0.6 is 0 Å². The van der Waals surface area contributed by atoms with Gasteiger partial charge in [-0.15, -0.1) is 0 Å². The molecule has 9 heteroatoms. The maximum absolute atomic E-state index is 13.1. The molecule has 2 N–H and O–H groups in total. The summed E-state index contributed by atoms with van der Waals surface area (Å²) < 4.78 is 27.6. The zero-order chi connectivity index (χ0) is 18.9. The second-order valence-electron chi connectivity index (χ2n) is 7.35. The van der Waals surface area contributed by atoms with Crippen molar-refractivity contribution in [1.29, 1.82) is 0 Å². The molecule has 2 aliphatic rings. The molecular weight excluding hydrogens is 354 g/mol. The second-order valence-corrected chi connectivity index (χ2v) is 9.23. The maximum Gasteiger partial charge on any atom is 0.246 e. The lowest BCUT2D eigenvalue weighted by atomic mass is 9.97. The number of carbonyl (C=O) groups excluding carboxylic acids is 1. The van der Waals surface area contributed by atoms with Gasteiger partial charge in [-0.2, -0.15) is 9.40 Å². The Kier molecular flexibility index (Phi) is 5.69. The summed E-state index contributed by atoms with van der Waals surface area (Å²) in [5.41, 5.74) is 1.02. The van der Waals surface area contributed by atoms with Crippen LogP contribution in [0.2, 0.25) is 0 Å². The summed E-state index contributed by atoms with van der Waals surface area (Å²) in [4.78, 5) is 15.2. The number of amides is 1. The van der Waals surface area contributed by atoms with Crippen LogP contribution in [0.1, 0.15) is 37.1 Å². The zero-order valence-electron chi connectivity index (χ0n) is 15.8. The van der Waals surface area contributed by atoms with Gasteiger partial charge >= 0.3 is 0 Å². The van der Waals surface area contributed by atoms with Crippen LogP contribution in [0.5, 0.6) is 0 Å². The van der Waals surface area contributed by atoms with E-state index in [9.17, 15) is 13.2 Å². The van der Waals surface area contributed by atoms with Crippen molar-refractivity contribution in [2.45, 2.75) is 50.5 Å². The number of sulfonamides is 1. The zero-order valence-corrected chi connectivity index (χ0v) is 16.6. The third-order valence-electron chi connectivity index (χ3n) is 5.49. The van der Waals surface area contributed by atoms with E-state index in [-0.39, 0.29) is 29.3 Å². The van der Waals surface area contributed by atoms with E-state index >= 15 is 0 Å². The van der Waals surface area contributed by atoms with Crippen LogP contribution < -0.4 is 5.32 Å². The van der Waals surface area contributed by atoms with Gasteiger partial charge in [0.25, 0.3) is 0 Å². The van der Waals surface area contributed by atoms with E-state index in [1.54, 1.807) is 13.8 Å². The van der Waals surface area contributed by atoms with Crippen molar-refractivity contribution in [3.8, 4) is 0 Å². The van der Waals surface area contributed by atoms with Crippen molar-refractivity contribution >= 4 is 15.9 Å². The number of H-pyrrole nitrogens is 1. The molecule has 1 aromatic rings. The summed E-state index contributed by atoms with van der Waals surface area (Å²) in [7, 11) is -1.74. The summed E-state index contributed by atoms with van der Waals surface area (Å²) in [6.45, 7) is 5.67. The van der Waals surface area contributed by atoms with E-state index in [4.69, 9.17) is 0 Å². The number of nitrogens with one attached hydrogen (secondary N) is 2. The van der Waals surface area contributed by atoms with Gasteiger partial charge in [-0.25, -0.2) is 8.42 Å². The number of likely N-dealkylation sites (N-methyl/N-ethyl adjacent to an activating group) is 1. The molecule has 3 rings (SSSR count). The van der Waals surface area contributed by atoms with Crippen molar-refractivity contribution in [2.24, 2.45) is 5.92 Å². The molecule has 26 heavy (non-hydrogen) atoms. The molecule has 0 saturated carbocycles. The predicted octanol–water partition coefficient (Wildman–Crippen LogP) is 0.638. The molecule has 146 valence electrons. The van der Waals surface area contributed by atoms with Gasteiger partial charge in [-0.3, -0.25) is 9.89 Å². The number of aromatic nitrogens is 2. The molecule has 3 heterocycles. The first-order valence-electron chi connectivity index (χ1n) is 9.33. The Morgan fingerprint density at radius 1 is 1.27 bits per heavy atom. The molecule has 0 radical (unpaired) electrons. The lowest BCUT2D eigenvalue weighted by molar-refractivity contribution is -0.137. The van der Waals surface area contributed by atoms with Crippen molar-refractivity contribution in [2.75, 3.05) is 33.2 Å². The Balaban J connectivity index is 1.76. The predicted molar refractivity (Wildman–Crippen MR) is 98.2 cm³/mol. The van der Waals surface area contributed by atoms with E-state index in [1.165, 1.54) is 4.31 Å². The van der Waals surface area contributed by atoms with E-state index in [1.807, 2.05) is 11.9 Å². The van der Waals surface area contributed by atoms with Crippen LogP contribution in [-0.2, 0) is 14.8 Å². The quantitative estimate of drug-likeness (QED) is 0.777. The van der Waals surface area contributed by atoms with E-state index in [0.717, 1.165) is 32.4 Å². The molecule has 1 aromatic heterocycles. The van der Waals surface area contributed by atoms with Gasteiger partial charge in [-0.05, 0) is 46.6 Å². The van der Waals surface area contributed by atoms with E-state index in [2.05, 4.69) is 15.5 Å². The van der Waals surface area contributed by atoms with Crippen LogP contribution in [0.25, 0.3) is 0 Å². The number of likely N-dealkylation sites (tertiary alicyclic amines) is 1. The summed E-state index contributed by atoms with van der Waals surface area (Å²) in [6.07, 6.45) is 3.47. The SMILES string of the molecule is CNCC1CCCN1C(=O)C1CCCN(S(=O)(=O)c2c(C)n[nH]c2C)C1. The van der Waals surface area contributed by atoms with Gasteiger partial charge in [0.1, 0.15) is 4.90 Å². The molecule has 2 atom stereocenters. The number of hydrogen-bond donors (Lipinski definition) is 2. The highest BCUT2D eigenvalue weighted by molar-refractivity contribution is 7.89. The Morgan fingerprint density at radius 2 is 2.00 bits per heavy atom. The first-order chi connectivity index (χ1) is 12.4. The molecule has 0 aromatic carbocycles. The van der Waals surface area contributed by atoms with Crippen LogP contribution in [0, 0.1) is 19.8 Å². The van der Waals surface area contributed by atoms with E-state index < -0.39 is 10.0 Å². The van der Waals surface area contributed by atoms with Gasteiger partial charge in [0.15, 0.2) is 0 Å². The highest BCUT2D eigenvalue weighted by Gasteiger charge is 2.39. The molecule has 0 spiro atoms. The summed E-state index contributed by atoms with van der Waals surface area (Å²) >= 11 is 0. The number of aryl methyl sites for hydroxylation is 2. The molecule has 2 aliphatic heterocycles. The lowest BCUT2D eigenvalue weighted by Crippen LogP contribution is -2.49. The summed E-state index contributed by atoms with van der Waals surface area (Å²) in [6, 6.07) is 0.220. The van der Waals surface area contributed by atoms with Crippen molar-refractivity contribution in [3.63, 3.8) is 0 Å². The average Bonchev–Trinajstić information content (AvgIpc) is 3.21. The number of rotatable bonds is 5. The number of nitrogens with zero attached hydrogens (tertiary/aromatic N) is 3. The minimum atomic E-state index is -3.64. The normalized spacial score (nSPS) is 25.0. The number of piperidine rings is 1. The molecular formula is C17H29N5O3S. The van der Waals surface area contributed by atoms with Crippen LogP contribution in [0.4, 0.5) is 0 Å². The molecule has 2 saturated heterocycles. The third-order valence-corrected chi connectivity index (χ3v) is 7.62. The minimum absolute atomic E-state index is 0.100. The summed E-state index contributed by atoms with van der Waals surface area (Å²) in [5, 5.41) is 9.91. The Labute approximate surface area is 155 Å². The Bertz CT molecular complexity index is 741. The fraction of sp³-hybridized carbons (Fsp3) is 0.765. The van der Waals surface area contributed by atoms with E-state index in [0.29, 0.717) is 24.4 Å². The molecule has 0 bridgehead atoms. The lowest BCUT2D eigenvalue weighted by Gasteiger charge is -2.35. The molecule has 0 aliphatic carbocycles. The summed E-state index contributed by atoms with van der Waals surface area (Å²) in [5.74, 6) is -0.160. The Morgan fingerprint density at radius 3 is 2.65 bits per heavy atom. The second kappa shape index (κ2) is 7.66. The van der Waals surface area contributed by atoms with Crippen LogP contribution in [-0.4, -0.2) is 73.0 Å². The topological polar surface area (TPSA) is 98.4 Å². The largest absolute Gasteiger partial charge is 0.338 e. The van der Waals surface area contributed by atoms with Gasteiger partial charge in [0, 0.05) is 32.2 Å². The highest BCUT2D eigenvalue weighted by atomic mass is 32.2. The highest BCUT2D eigenvalue weighted by Crippen LogP contribution is 2.29. The minimum Gasteiger partial charge on any atom is -0.338 e. The first-order valence-corrected chi connectivity index (χ1v) is 10.8. The first kappa shape index (κ1) is 19.3. The van der Waals surface area contributed by atoms with Crippen molar-refractivity contribution < 1.29 is 13.2 Å². The fourth-order valence-electron chi connectivity index (χ4n) is 4.22. The number of aromatic amines is 1. The van der Waals surface area contributed by atoms with Crippen molar-refractivity contribution in [1.82, 2.24) is 24.7 Å². The number of carbonyl (C=O) groups is 1. The smallest absolute Gasteiger partial charge is 0.246 e. The van der Waals surface area contributed by atoms with Crippen LogP contribution in [0.15, 0.2) is 4.90 Å². The maximum atomic E-state index is 13.1. The van der Waals surface area contributed by atoms with Gasteiger partial charge in [0.05, 0.1) is 17.3 Å². The Hall–Kier alpha value is -1.45. The van der Waals surface area contributed by atoms with Gasteiger partial charge in [0.2, 0.25) is 15.9 Å². The third kappa shape index (κ3) is 3.52. The van der Waals surface area contributed by atoms with Crippen LogP contribution in [0.3, 0.4) is 0 Å². The molecule has 2 unspecified atom stereocenters. The molecule has 1 amide bonds. The molecule has 8 nitrogen and oxygen atoms in total. The molecule has 2 fully saturated rings. The average molecular weight is 384 g/mol. The van der Waals surface area contributed by atoms with Crippen molar-refractivity contribution in [3.05, 3.63) is 11.4 Å². The standard InChI is InChI=1S/C17H29N5O3S/c1-12-16(13(2)20-19-12)26(24,25)21-8-4-6-14(11-21)17(23)22-9-5-7-15(22)10-18-3/h14-15,18H,4-11H2,1-3H3,(H,19,20). The number of hydrogen-bond acceptors (Lipinski definition) is 5. The van der Waals surface area contributed by atoms with Gasteiger partial charge < -0.3 is 10.2 Å². The monoisotopic (exact) mass is 383 g/mol. The fourth-order valence-corrected chi connectivity index (χ4v) is 6.08.